The van der Waals surface area contributed by atoms with Crippen molar-refractivity contribution in [3.05, 3.63) is 64.0 Å². The lowest BCUT2D eigenvalue weighted by atomic mass is 10.2. The van der Waals surface area contributed by atoms with Gasteiger partial charge in [-0.2, -0.15) is 0 Å². The first-order valence-electron chi connectivity index (χ1n) is 6.12. The molecule has 1 aromatic carbocycles. The van der Waals surface area contributed by atoms with Crippen LogP contribution in [0.25, 0.3) is 0 Å². The average Bonchev–Trinajstić information content (AvgIpc) is 2.54. The van der Waals surface area contributed by atoms with Gasteiger partial charge in [0.25, 0.3) is 11.6 Å². The van der Waals surface area contributed by atoms with Crippen molar-refractivity contribution >= 4 is 23.3 Å². The van der Waals surface area contributed by atoms with Crippen LogP contribution in [0.1, 0.15) is 21.0 Å². The predicted octanol–water partition coefficient (Wildman–Crippen LogP) is 2.03. The van der Waals surface area contributed by atoms with E-state index in [1.807, 2.05) is 0 Å². The van der Waals surface area contributed by atoms with Crippen LogP contribution in [0.4, 0.5) is 11.4 Å². The molecule has 1 amide bonds. The molecule has 0 aliphatic heterocycles. The Bertz CT molecular complexity index is 745. The number of non-ortho nitro benzene ring substituents is 1. The summed E-state index contributed by atoms with van der Waals surface area (Å²) in [5, 5.41) is 13.2. The number of hydrogen-bond donors (Lipinski definition) is 1. The van der Waals surface area contributed by atoms with Gasteiger partial charge in [-0.15, -0.1) is 0 Å². The SMILES string of the molecule is COC(=O)c1cccc(C(=O)Nc2cccc([N+](=O)[O-])c2)n1. The molecule has 22 heavy (non-hydrogen) atoms. The van der Waals surface area contributed by atoms with Gasteiger partial charge in [-0.05, 0) is 18.2 Å². The second-order valence-corrected chi connectivity index (χ2v) is 4.16. The smallest absolute Gasteiger partial charge is 0.356 e. The number of carbonyl (C=O) groups is 2. The molecule has 0 saturated heterocycles. The molecule has 0 saturated carbocycles. The fraction of sp³-hybridized carbons (Fsp3) is 0.0714. The summed E-state index contributed by atoms with van der Waals surface area (Å²) < 4.78 is 4.52. The van der Waals surface area contributed by atoms with Crippen molar-refractivity contribution < 1.29 is 19.2 Å². The molecular weight excluding hydrogens is 290 g/mol. The molecule has 2 aromatic rings. The van der Waals surface area contributed by atoms with E-state index in [1.165, 1.54) is 49.6 Å². The Morgan fingerprint density at radius 1 is 1.18 bits per heavy atom. The van der Waals surface area contributed by atoms with Gasteiger partial charge in [0, 0.05) is 17.8 Å². The first-order valence-corrected chi connectivity index (χ1v) is 6.12. The van der Waals surface area contributed by atoms with Crippen LogP contribution in [0.5, 0.6) is 0 Å². The highest BCUT2D eigenvalue weighted by Crippen LogP contribution is 2.17. The molecule has 0 aliphatic rings. The summed E-state index contributed by atoms with van der Waals surface area (Å²) in [6.07, 6.45) is 0. The molecule has 1 aromatic heterocycles. The number of anilines is 1. The highest BCUT2D eigenvalue weighted by Gasteiger charge is 2.14. The highest BCUT2D eigenvalue weighted by atomic mass is 16.6. The van der Waals surface area contributed by atoms with Crippen LogP contribution in [0.3, 0.4) is 0 Å². The van der Waals surface area contributed by atoms with E-state index in [2.05, 4.69) is 15.0 Å². The summed E-state index contributed by atoms with van der Waals surface area (Å²) >= 11 is 0. The number of aromatic nitrogens is 1. The first kappa shape index (κ1) is 15.1. The van der Waals surface area contributed by atoms with Crippen LogP contribution >= 0.6 is 0 Å². The predicted molar refractivity (Wildman–Crippen MR) is 76.6 cm³/mol. The molecule has 8 nitrogen and oxygen atoms in total. The summed E-state index contributed by atoms with van der Waals surface area (Å²) in [6, 6.07) is 9.81. The normalized spacial score (nSPS) is 9.86. The van der Waals surface area contributed by atoms with Gasteiger partial charge in [-0.3, -0.25) is 14.9 Å². The maximum Gasteiger partial charge on any atom is 0.356 e. The number of esters is 1. The number of benzene rings is 1. The van der Waals surface area contributed by atoms with E-state index in [0.29, 0.717) is 0 Å². The van der Waals surface area contributed by atoms with Crippen LogP contribution in [0.2, 0.25) is 0 Å². The van der Waals surface area contributed by atoms with Gasteiger partial charge in [0.1, 0.15) is 11.4 Å². The third-order valence-corrected chi connectivity index (χ3v) is 2.69. The lowest BCUT2D eigenvalue weighted by Crippen LogP contribution is -2.16. The minimum absolute atomic E-state index is 0.00518. The standard InChI is InChI=1S/C14H11N3O5/c1-22-14(19)12-7-3-6-11(16-12)13(18)15-9-4-2-5-10(8-9)17(20)21/h2-8H,1H3,(H,15,18). The van der Waals surface area contributed by atoms with Crippen molar-refractivity contribution in [1.82, 2.24) is 4.98 Å². The zero-order valence-corrected chi connectivity index (χ0v) is 11.5. The Hall–Kier alpha value is -3.29. The molecule has 1 N–H and O–H groups in total. The van der Waals surface area contributed by atoms with E-state index in [9.17, 15) is 19.7 Å². The van der Waals surface area contributed by atoms with Crippen LogP contribution in [-0.4, -0.2) is 28.9 Å². The third kappa shape index (κ3) is 3.42. The minimum atomic E-state index is -0.662. The molecule has 0 spiro atoms. The number of nitrogens with one attached hydrogen (secondary N) is 1. The van der Waals surface area contributed by atoms with Crippen LogP contribution in [0.15, 0.2) is 42.5 Å². The lowest BCUT2D eigenvalue weighted by Gasteiger charge is -2.05. The van der Waals surface area contributed by atoms with E-state index < -0.39 is 16.8 Å². The number of ether oxygens (including phenoxy) is 1. The number of methoxy groups -OCH3 is 1. The third-order valence-electron chi connectivity index (χ3n) is 2.69. The molecule has 0 unspecified atom stereocenters. The Morgan fingerprint density at radius 3 is 2.55 bits per heavy atom. The zero-order valence-electron chi connectivity index (χ0n) is 11.5. The zero-order chi connectivity index (χ0) is 16.1. The van der Waals surface area contributed by atoms with Gasteiger partial charge >= 0.3 is 5.97 Å². The fourth-order valence-electron chi connectivity index (χ4n) is 1.67. The minimum Gasteiger partial charge on any atom is -0.464 e. The summed E-state index contributed by atoms with van der Waals surface area (Å²) in [6.45, 7) is 0. The Kier molecular flexibility index (Phi) is 4.42. The van der Waals surface area contributed by atoms with Gasteiger partial charge in [0.05, 0.1) is 12.0 Å². The number of carbonyl (C=O) groups excluding carboxylic acids is 2. The summed E-state index contributed by atoms with van der Waals surface area (Å²) in [5.74, 6) is -1.25. The van der Waals surface area contributed by atoms with Gasteiger partial charge in [-0.25, -0.2) is 9.78 Å². The lowest BCUT2D eigenvalue weighted by molar-refractivity contribution is -0.384. The summed E-state index contributed by atoms with van der Waals surface area (Å²) in [7, 11) is 1.21. The maximum absolute atomic E-state index is 12.1. The Labute approximate surface area is 124 Å². The number of hydrogen-bond acceptors (Lipinski definition) is 6. The van der Waals surface area contributed by atoms with Crippen LogP contribution in [-0.2, 0) is 4.74 Å². The molecule has 0 aliphatic carbocycles. The van der Waals surface area contributed by atoms with Crippen LogP contribution < -0.4 is 5.32 Å². The van der Waals surface area contributed by atoms with Crippen molar-refractivity contribution in [3.8, 4) is 0 Å². The van der Waals surface area contributed by atoms with Crippen molar-refractivity contribution in [3.63, 3.8) is 0 Å². The number of nitro groups is 1. The quantitative estimate of drug-likeness (QED) is 0.525. The fourth-order valence-corrected chi connectivity index (χ4v) is 1.67. The number of amides is 1. The first-order chi connectivity index (χ1) is 10.5. The van der Waals surface area contributed by atoms with Crippen molar-refractivity contribution in [2.75, 3.05) is 12.4 Å². The molecule has 0 bridgehead atoms. The van der Waals surface area contributed by atoms with E-state index >= 15 is 0 Å². The van der Waals surface area contributed by atoms with Crippen molar-refractivity contribution in [2.24, 2.45) is 0 Å². The highest BCUT2D eigenvalue weighted by molar-refractivity contribution is 6.03. The second kappa shape index (κ2) is 6.44. The molecule has 112 valence electrons. The topological polar surface area (TPSA) is 111 Å². The molecule has 1 heterocycles. The van der Waals surface area contributed by atoms with Gasteiger partial charge in [-0.1, -0.05) is 12.1 Å². The van der Waals surface area contributed by atoms with E-state index in [1.54, 1.807) is 0 Å². The Balaban J connectivity index is 2.20. The molecule has 0 radical (unpaired) electrons. The average molecular weight is 301 g/mol. The molecule has 0 fully saturated rings. The summed E-state index contributed by atoms with van der Waals surface area (Å²) in [5.41, 5.74) is 0.0992. The Morgan fingerprint density at radius 2 is 1.86 bits per heavy atom. The monoisotopic (exact) mass is 301 g/mol. The van der Waals surface area contributed by atoms with E-state index in [4.69, 9.17) is 0 Å². The second-order valence-electron chi connectivity index (χ2n) is 4.16. The molecule has 0 atom stereocenters. The largest absolute Gasteiger partial charge is 0.464 e. The van der Waals surface area contributed by atoms with Crippen LogP contribution in [0, 0.1) is 10.1 Å². The van der Waals surface area contributed by atoms with E-state index in [-0.39, 0.29) is 22.8 Å². The van der Waals surface area contributed by atoms with Crippen molar-refractivity contribution in [1.29, 1.82) is 0 Å². The number of pyridine rings is 1. The van der Waals surface area contributed by atoms with Gasteiger partial charge < -0.3 is 10.1 Å². The molecule has 8 heteroatoms. The summed E-state index contributed by atoms with van der Waals surface area (Å²) in [4.78, 5) is 37.4. The van der Waals surface area contributed by atoms with E-state index in [0.717, 1.165) is 0 Å². The molecule has 2 rings (SSSR count). The molecular formula is C14H11N3O5. The van der Waals surface area contributed by atoms with Crippen molar-refractivity contribution in [2.45, 2.75) is 0 Å². The number of nitro benzene ring substituents is 1. The van der Waals surface area contributed by atoms with Gasteiger partial charge in [0.15, 0.2) is 0 Å². The number of rotatable bonds is 4. The number of nitrogens with zero attached hydrogens (tertiary/aromatic N) is 2. The maximum atomic E-state index is 12.1. The van der Waals surface area contributed by atoms with Gasteiger partial charge in [0.2, 0.25) is 0 Å².